The molecule has 0 spiro atoms. The number of nitrogens with one attached hydrogen (secondary N) is 1. The maximum atomic E-state index is 13.2. The van der Waals surface area contributed by atoms with E-state index in [0.717, 1.165) is 29.0 Å². The number of nitrogens with zero attached hydrogens (tertiary/aromatic N) is 1. The molecule has 1 N–H and O–H groups in total. The fourth-order valence-electron chi connectivity index (χ4n) is 3.15. The van der Waals surface area contributed by atoms with Crippen molar-refractivity contribution >= 4 is 37.3 Å². The Hall–Kier alpha value is -3.11. The molecule has 3 aromatic carbocycles. The number of anilines is 1. The van der Waals surface area contributed by atoms with Gasteiger partial charge in [0.15, 0.2) is 0 Å². The van der Waals surface area contributed by atoms with Crippen LogP contribution in [-0.2, 0) is 22.7 Å². The van der Waals surface area contributed by atoms with Crippen molar-refractivity contribution in [2.24, 2.45) is 0 Å². The van der Waals surface area contributed by atoms with E-state index in [2.05, 4.69) is 0 Å². The molecule has 0 aliphatic carbocycles. The highest BCUT2D eigenvalue weighted by Gasteiger charge is 2.34. The van der Waals surface area contributed by atoms with Gasteiger partial charge in [-0.25, -0.2) is 8.42 Å². The Labute approximate surface area is 179 Å². The monoisotopic (exact) mass is 464 g/mol. The van der Waals surface area contributed by atoms with Crippen LogP contribution in [0.2, 0.25) is 0 Å². The van der Waals surface area contributed by atoms with Crippen LogP contribution in [0.3, 0.4) is 0 Å². The average Bonchev–Trinajstić information content (AvgIpc) is 3.02. The van der Waals surface area contributed by atoms with Gasteiger partial charge in [-0.3, -0.25) is 14.1 Å². The van der Waals surface area contributed by atoms with E-state index < -0.39 is 27.5 Å². The van der Waals surface area contributed by atoms with Gasteiger partial charge < -0.3 is 0 Å². The quantitative estimate of drug-likeness (QED) is 0.455. The molecular weight excluding hydrogens is 449 g/mol. The van der Waals surface area contributed by atoms with E-state index in [1.807, 2.05) is 35.1 Å². The first-order chi connectivity index (χ1) is 14.6. The minimum atomic E-state index is -4.71. The maximum Gasteiger partial charge on any atom is 0.418 e. The van der Waals surface area contributed by atoms with Crippen molar-refractivity contribution in [1.29, 1.82) is 0 Å². The normalized spacial score (nSPS) is 12.2. The number of hydrogen-bond donors (Lipinski definition) is 1. The number of benzene rings is 3. The molecule has 0 atom stereocenters. The lowest BCUT2D eigenvalue weighted by Gasteiger charge is -2.14. The molecule has 1 heterocycles. The van der Waals surface area contributed by atoms with Crippen molar-refractivity contribution < 1.29 is 21.6 Å². The van der Waals surface area contributed by atoms with E-state index in [1.165, 1.54) is 34.9 Å². The van der Waals surface area contributed by atoms with Crippen molar-refractivity contribution in [3.63, 3.8) is 0 Å². The molecule has 4 aromatic rings. The van der Waals surface area contributed by atoms with Gasteiger partial charge in [0.25, 0.3) is 10.0 Å². The summed E-state index contributed by atoms with van der Waals surface area (Å²) in [7, 11) is -4.30. The second-order valence-corrected chi connectivity index (χ2v) is 9.39. The standard InChI is InChI=1S/C21H15F3N2O3S2/c22-21(23,24)16-8-4-5-9-17(16)25-31(28,29)15-10-11-18-19(12-15)30-20(27)26(18)13-14-6-2-1-3-7-14/h1-12,25H,13H2. The summed E-state index contributed by atoms with van der Waals surface area (Å²) in [6, 6.07) is 17.7. The van der Waals surface area contributed by atoms with Gasteiger partial charge in [0.1, 0.15) is 0 Å². The lowest BCUT2D eigenvalue weighted by atomic mass is 10.2. The lowest BCUT2D eigenvalue weighted by Crippen LogP contribution is -2.17. The van der Waals surface area contributed by atoms with E-state index in [1.54, 1.807) is 0 Å². The molecule has 0 fully saturated rings. The molecule has 0 amide bonds. The lowest BCUT2D eigenvalue weighted by molar-refractivity contribution is -0.136. The molecule has 0 unspecified atom stereocenters. The van der Waals surface area contributed by atoms with Crippen LogP contribution < -0.4 is 9.60 Å². The van der Waals surface area contributed by atoms with Crippen LogP contribution in [0.4, 0.5) is 18.9 Å². The Morgan fingerprint density at radius 3 is 2.32 bits per heavy atom. The summed E-state index contributed by atoms with van der Waals surface area (Å²) in [6.07, 6.45) is -4.71. The van der Waals surface area contributed by atoms with Crippen LogP contribution in [0.15, 0.2) is 82.5 Å². The van der Waals surface area contributed by atoms with Crippen LogP contribution in [0, 0.1) is 0 Å². The molecule has 4 rings (SSSR count). The number of thiazole rings is 1. The van der Waals surface area contributed by atoms with Gasteiger partial charge in [-0.05, 0) is 35.9 Å². The Kier molecular flexibility index (Phi) is 5.36. The molecule has 0 bridgehead atoms. The van der Waals surface area contributed by atoms with Gasteiger partial charge in [0.05, 0.1) is 32.9 Å². The number of alkyl halides is 3. The van der Waals surface area contributed by atoms with Crippen molar-refractivity contribution in [3.05, 3.63) is 93.6 Å². The van der Waals surface area contributed by atoms with Crippen LogP contribution in [0.1, 0.15) is 11.1 Å². The minimum absolute atomic E-state index is 0.231. The highest BCUT2D eigenvalue weighted by Crippen LogP contribution is 2.35. The van der Waals surface area contributed by atoms with Crippen molar-refractivity contribution in [2.45, 2.75) is 17.6 Å². The summed E-state index contributed by atoms with van der Waals surface area (Å²) in [5, 5.41) is 0. The first-order valence-electron chi connectivity index (χ1n) is 9.01. The topological polar surface area (TPSA) is 68.2 Å². The number of para-hydroxylation sites is 1. The van der Waals surface area contributed by atoms with E-state index in [4.69, 9.17) is 0 Å². The van der Waals surface area contributed by atoms with Gasteiger partial charge in [-0.1, -0.05) is 53.8 Å². The molecule has 0 aliphatic heterocycles. The average molecular weight is 464 g/mol. The van der Waals surface area contributed by atoms with Crippen molar-refractivity contribution in [1.82, 2.24) is 4.57 Å². The van der Waals surface area contributed by atoms with Crippen LogP contribution in [0.25, 0.3) is 10.2 Å². The third-order valence-corrected chi connectivity index (χ3v) is 6.92. The molecule has 1 aromatic heterocycles. The maximum absolute atomic E-state index is 13.2. The van der Waals surface area contributed by atoms with Crippen LogP contribution >= 0.6 is 11.3 Å². The van der Waals surface area contributed by atoms with Gasteiger partial charge in [0.2, 0.25) is 0 Å². The fraction of sp³-hybridized carbons (Fsp3) is 0.0952. The number of hydrogen-bond acceptors (Lipinski definition) is 4. The largest absolute Gasteiger partial charge is 0.418 e. The fourth-order valence-corrected chi connectivity index (χ4v) is 5.26. The van der Waals surface area contributed by atoms with Gasteiger partial charge in [-0.2, -0.15) is 13.2 Å². The van der Waals surface area contributed by atoms with Crippen LogP contribution in [0.5, 0.6) is 0 Å². The molecule has 0 saturated heterocycles. The Balaban J connectivity index is 1.70. The number of halogens is 3. The highest BCUT2D eigenvalue weighted by atomic mass is 32.2. The number of rotatable bonds is 5. The number of aromatic nitrogens is 1. The van der Waals surface area contributed by atoms with Crippen molar-refractivity contribution in [2.75, 3.05) is 4.72 Å². The molecular formula is C21H15F3N2O3S2. The van der Waals surface area contributed by atoms with Gasteiger partial charge in [-0.15, -0.1) is 0 Å². The van der Waals surface area contributed by atoms with Crippen LogP contribution in [-0.4, -0.2) is 13.0 Å². The summed E-state index contributed by atoms with van der Waals surface area (Å²) in [4.78, 5) is 11.9. The smallest absolute Gasteiger partial charge is 0.294 e. The Bertz CT molecular complexity index is 1410. The van der Waals surface area contributed by atoms with Gasteiger partial charge in [0, 0.05) is 0 Å². The summed E-state index contributed by atoms with van der Waals surface area (Å²) in [5.74, 6) is 0. The zero-order valence-electron chi connectivity index (χ0n) is 15.8. The zero-order valence-corrected chi connectivity index (χ0v) is 17.4. The molecule has 0 radical (unpaired) electrons. The second kappa shape index (κ2) is 7.86. The molecule has 31 heavy (non-hydrogen) atoms. The summed E-state index contributed by atoms with van der Waals surface area (Å²) >= 11 is 0.877. The predicted molar refractivity (Wildman–Crippen MR) is 114 cm³/mol. The van der Waals surface area contributed by atoms with E-state index in [9.17, 15) is 26.4 Å². The predicted octanol–water partition coefficient (Wildman–Crippen LogP) is 4.93. The zero-order chi connectivity index (χ0) is 22.2. The SMILES string of the molecule is O=c1sc2cc(S(=O)(=O)Nc3ccccc3C(F)(F)F)ccc2n1Cc1ccccc1. The Morgan fingerprint density at radius 1 is 0.935 bits per heavy atom. The highest BCUT2D eigenvalue weighted by molar-refractivity contribution is 7.92. The third kappa shape index (κ3) is 4.35. The molecule has 10 heteroatoms. The van der Waals surface area contributed by atoms with E-state index in [-0.39, 0.29) is 9.77 Å². The van der Waals surface area contributed by atoms with Crippen molar-refractivity contribution in [3.8, 4) is 0 Å². The minimum Gasteiger partial charge on any atom is -0.294 e. The van der Waals surface area contributed by atoms with E-state index in [0.29, 0.717) is 16.8 Å². The summed E-state index contributed by atoms with van der Waals surface area (Å²) in [6.45, 7) is 0.322. The third-order valence-electron chi connectivity index (χ3n) is 4.61. The number of fused-ring (bicyclic) bond motifs is 1. The first-order valence-corrected chi connectivity index (χ1v) is 11.3. The Morgan fingerprint density at radius 2 is 1.61 bits per heavy atom. The summed E-state index contributed by atoms with van der Waals surface area (Å²) in [5.41, 5.74) is -0.192. The first kappa shape index (κ1) is 21.1. The molecule has 5 nitrogen and oxygen atoms in total. The molecule has 160 valence electrons. The van der Waals surface area contributed by atoms with E-state index >= 15 is 0 Å². The van der Waals surface area contributed by atoms with Gasteiger partial charge >= 0.3 is 11.0 Å². The summed E-state index contributed by atoms with van der Waals surface area (Å²) < 4.78 is 69.0. The molecule has 0 saturated carbocycles. The molecule has 0 aliphatic rings. The number of sulfonamides is 1. The second-order valence-electron chi connectivity index (χ2n) is 6.72.